The summed E-state index contributed by atoms with van der Waals surface area (Å²) in [6.45, 7) is 0. The fraction of sp³-hybridized carbons (Fsp3) is 0.0741. The fourth-order valence-corrected chi connectivity index (χ4v) is 4.49. The van der Waals surface area contributed by atoms with Crippen LogP contribution >= 0.6 is 11.6 Å². The fourth-order valence-electron chi connectivity index (χ4n) is 4.27. The summed E-state index contributed by atoms with van der Waals surface area (Å²) in [5, 5.41) is 20.8. The van der Waals surface area contributed by atoms with E-state index >= 15 is 4.39 Å². The number of nitriles is 1. The molecule has 7 nitrogen and oxygen atoms in total. The molecule has 1 atom stereocenters. The molecule has 2 heterocycles. The number of carbonyl (C=O) groups excluding carboxylic acids is 2. The summed E-state index contributed by atoms with van der Waals surface area (Å²) in [5.41, 5.74) is 0.509. The molecule has 3 aromatic carbocycles. The molecule has 36 heavy (non-hydrogen) atoms. The van der Waals surface area contributed by atoms with Crippen LogP contribution in [0.25, 0.3) is 11.0 Å². The second-order valence-electron chi connectivity index (χ2n) is 7.99. The number of furan rings is 1. The Labute approximate surface area is 209 Å². The van der Waals surface area contributed by atoms with Crippen LogP contribution in [0.3, 0.4) is 0 Å². The van der Waals surface area contributed by atoms with Gasteiger partial charge in [0.1, 0.15) is 5.82 Å². The summed E-state index contributed by atoms with van der Waals surface area (Å²) < 4.78 is 26.0. The number of benzene rings is 3. The highest BCUT2D eigenvalue weighted by Crippen LogP contribution is 2.43. The van der Waals surface area contributed by atoms with Crippen molar-refractivity contribution in [1.29, 1.82) is 5.26 Å². The Morgan fingerprint density at radius 3 is 2.56 bits per heavy atom. The van der Waals surface area contributed by atoms with Crippen LogP contribution in [-0.4, -0.2) is 23.9 Å². The van der Waals surface area contributed by atoms with Gasteiger partial charge in [-0.1, -0.05) is 29.8 Å². The predicted molar refractivity (Wildman–Crippen MR) is 130 cm³/mol. The van der Waals surface area contributed by atoms with E-state index in [1.807, 2.05) is 6.07 Å². The average molecular weight is 503 g/mol. The number of halogens is 2. The molecule has 0 aliphatic carbocycles. The Hall–Kier alpha value is -4.61. The van der Waals surface area contributed by atoms with Crippen LogP contribution in [0.1, 0.15) is 27.7 Å². The van der Waals surface area contributed by atoms with E-state index in [4.69, 9.17) is 26.0 Å². The normalized spacial score (nSPS) is 15.4. The Balaban J connectivity index is 1.67. The van der Waals surface area contributed by atoms with Crippen molar-refractivity contribution in [3.05, 3.63) is 106 Å². The maximum absolute atomic E-state index is 15.0. The molecule has 1 aliphatic heterocycles. The number of anilines is 1. The molecule has 1 aromatic heterocycles. The number of ether oxygens (including phenoxy) is 1. The van der Waals surface area contributed by atoms with Crippen LogP contribution in [0.2, 0.25) is 5.02 Å². The van der Waals surface area contributed by atoms with E-state index in [1.165, 1.54) is 61.7 Å². The van der Waals surface area contributed by atoms with Crippen LogP contribution in [0, 0.1) is 17.1 Å². The van der Waals surface area contributed by atoms with E-state index in [-0.39, 0.29) is 28.2 Å². The van der Waals surface area contributed by atoms with Crippen molar-refractivity contribution in [3.63, 3.8) is 0 Å². The first-order valence-corrected chi connectivity index (χ1v) is 11.0. The number of aliphatic hydroxyl groups excluding tert-OH is 1. The standard InChI is InChI=1S/C27H16ClFN2O5/c1-35-21-12-16(28)10-15-11-20(36-26(15)21)24(32)22-23(18-4-2-3-5-19(18)29)31(27(34)25(22)33)17-8-6-14(13-30)7-9-17/h2-12,23,33H,1H3. The van der Waals surface area contributed by atoms with Crippen molar-refractivity contribution in [2.45, 2.75) is 6.04 Å². The molecule has 0 bridgehead atoms. The molecular weight excluding hydrogens is 487 g/mol. The third kappa shape index (κ3) is 3.67. The van der Waals surface area contributed by atoms with Crippen LogP contribution in [-0.2, 0) is 4.79 Å². The van der Waals surface area contributed by atoms with Crippen molar-refractivity contribution in [2.24, 2.45) is 0 Å². The molecule has 5 rings (SSSR count). The molecule has 1 amide bonds. The van der Waals surface area contributed by atoms with Gasteiger partial charge in [0.2, 0.25) is 5.78 Å². The minimum absolute atomic E-state index is 0.000606. The molecule has 0 saturated heterocycles. The Bertz CT molecular complexity index is 1620. The summed E-state index contributed by atoms with van der Waals surface area (Å²) in [7, 11) is 1.42. The SMILES string of the molecule is COc1cc(Cl)cc2cc(C(=O)C3=C(O)C(=O)N(c4ccc(C#N)cc4)C3c3ccccc3F)oc12. The molecule has 0 radical (unpaired) electrons. The van der Waals surface area contributed by atoms with Gasteiger partial charge in [0.25, 0.3) is 5.91 Å². The number of methoxy groups -OCH3 is 1. The smallest absolute Gasteiger partial charge is 0.294 e. The number of fused-ring (bicyclic) bond motifs is 1. The largest absolute Gasteiger partial charge is 0.503 e. The van der Waals surface area contributed by atoms with Gasteiger partial charge in [-0.3, -0.25) is 14.5 Å². The first-order chi connectivity index (χ1) is 17.3. The highest BCUT2D eigenvalue weighted by molar-refractivity contribution is 6.31. The molecule has 0 saturated carbocycles. The number of amides is 1. The van der Waals surface area contributed by atoms with Crippen molar-refractivity contribution in [3.8, 4) is 11.8 Å². The van der Waals surface area contributed by atoms with Gasteiger partial charge in [-0.25, -0.2) is 4.39 Å². The van der Waals surface area contributed by atoms with Gasteiger partial charge in [-0.2, -0.15) is 5.26 Å². The predicted octanol–water partition coefficient (Wildman–Crippen LogP) is 5.89. The molecule has 0 spiro atoms. The Morgan fingerprint density at radius 2 is 1.89 bits per heavy atom. The maximum Gasteiger partial charge on any atom is 0.294 e. The van der Waals surface area contributed by atoms with E-state index in [1.54, 1.807) is 12.1 Å². The Morgan fingerprint density at radius 1 is 1.17 bits per heavy atom. The topological polar surface area (TPSA) is 104 Å². The lowest BCUT2D eigenvalue weighted by atomic mass is 9.94. The first kappa shape index (κ1) is 23.1. The van der Waals surface area contributed by atoms with E-state index < -0.39 is 29.3 Å². The number of rotatable bonds is 5. The van der Waals surface area contributed by atoms with Gasteiger partial charge in [0.05, 0.1) is 30.4 Å². The highest BCUT2D eigenvalue weighted by atomic mass is 35.5. The zero-order valence-corrected chi connectivity index (χ0v) is 19.4. The van der Waals surface area contributed by atoms with Crippen molar-refractivity contribution in [1.82, 2.24) is 0 Å². The highest BCUT2D eigenvalue weighted by Gasteiger charge is 2.46. The van der Waals surface area contributed by atoms with E-state index in [2.05, 4.69) is 0 Å². The van der Waals surface area contributed by atoms with Crippen molar-refractivity contribution in [2.75, 3.05) is 12.0 Å². The second-order valence-corrected chi connectivity index (χ2v) is 8.42. The van der Waals surface area contributed by atoms with Gasteiger partial charge in [0.15, 0.2) is 22.9 Å². The summed E-state index contributed by atoms with van der Waals surface area (Å²) in [6.07, 6.45) is 0. The Kier molecular flexibility index (Phi) is 5.71. The number of hydrogen-bond acceptors (Lipinski definition) is 6. The molecule has 4 aromatic rings. The summed E-state index contributed by atoms with van der Waals surface area (Å²) in [5.74, 6) is -3.10. The molecule has 1 unspecified atom stereocenters. The number of ketones is 1. The zero-order valence-electron chi connectivity index (χ0n) is 18.7. The third-order valence-electron chi connectivity index (χ3n) is 5.92. The van der Waals surface area contributed by atoms with Gasteiger partial charge < -0.3 is 14.3 Å². The lowest BCUT2D eigenvalue weighted by Gasteiger charge is -2.27. The van der Waals surface area contributed by atoms with Crippen LogP contribution in [0.4, 0.5) is 10.1 Å². The van der Waals surface area contributed by atoms with Crippen LogP contribution in [0.15, 0.2) is 82.5 Å². The van der Waals surface area contributed by atoms with Crippen LogP contribution in [0.5, 0.6) is 5.75 Å². The average Bonchev–Trinajstić information content (AvgIpc) is 3.42. The molecule has 0 fully saturated rings. The zero-order chi connectivity index (χ0) is 25.6. The number of nitrogens with zero attached hydrogens (tertiary/aromatic N) is 2. The second kappa shape index (κ2) is 8.87. The number of Topliss-reactive ketones (excluding diaryl/α,β-unsaturated/α-hetero) is 1. The van der Waals surface area contributed by atoms with Gasteiger partial charge >= 0.3 is 0 Å². The minimum Gasteiger partial charge on any atom is -0.503 e. The summed E-state index contributed by atoms with van der Waals surface area (Å²) in [6, 6.07) is 16.8. The summed E-state index contributed by atoms with van der Waals surface area (Å²) in [4.78, 5) is 28.0. The molecule has 178 valence electrons. The van der Waals surface area contributed by atoms with Crippen molar-refractivity contribution >= 4 is 39.9 Å². The molecule has 1 aliphatic rings. The molecule has 9 heteroatoms. The van der Waals surface area contributed by atoms with Gasteiger partial charge in [0, 0.05) is 27.7 Å². The third-order valence-corrected chi connectivity index (χ3v) is 6.14. The molecular formula is C27H16ClFN2O5. The van der Waals surface area contributed by atoms with Gasteiger partial charge in [-0.05, 0) is 42.5 Å². The number of hydrogen-bond donors (Lipinski definition) is 1. The van der Waals surface area contributed by atoms with E-state index in [9.17, 15) is 14.7 Å². The number of carbonyl (C=O) groups is 2. The lowest BCUT2D eigenvalue weighted by Crippen LogP contribution is -2.31. The maximum atomic E-state index is 15.0. The lowest BCUT2D eigenvalue weighted by molar-refractivity contribution is -0.117. The first-order valence-electron chi connectivity index (χ1n) is 10.7. The summed E-state index contributed by atoms with van der Waals surface area (Å²) >= 11 is 6.12. The van der Waals surface area contributed by atoms with E-state index in [0.717, 1.165) is 4.90 Å². The quantitative estimate of drug-likeness (QED) is 0.341. The van der Waals surface area contributed by atoms with Gasteiger partial charge in [-0.15, -0.1) is 0 Å². The van der Waals surface area contributed by atoms with Crippen molar-refractivity contribution < 1.29 is 28.2 Å². The monoisotopic (exact) mass is 502 g/mol. The molecule has 1 N–H and O–H groups in total. The minimum atomic E-state index is -1.29. The van der Waals surface area contributed by atoms with E-state index in [0.29, 0.717) is 21.7 Å². The number of aliphatic hydroxyl groups is 1. The van der Waals surface area contributed by atoms with Crippen LogP contribution < -0.4 is 9.64 Å².